The summed E-state index contributed by atoms with van der Waals surface area (Å²) in [5, 5.41) is 0. The smallest absolute Gasteiger partial charge is 0.413 e. The van der Waals surface area contributed by atoms with Crippen LogP contribution in [0.5, 0.6) is 0 Å². The van der Waals surface area contributed by atoms with Crippen LogP contribution in [-0.4, -0.2) is 36.8 Å². The van der Waals surface area contributed by atoms with E-state index in [2.05, 4.69) is 0 Å². The highest BCUT2D eigenvalue weighted by Gasteiger charge is 2.42. The minimum absolute atomic E-state index is 0.0873. The normalized spacial score (nSPS) is 19.9. The van der Waals surface area contributed by atoms with E-state index in [-0.39, 0.29) is 6.61 Å². The number of methoxy groups -OCH3 is 1. The van der Waals surface area contributed by atoms with E-state index in [0.717, 1.165) is 16.7 Å². The molecule has 1 heterocycles. The van der Waals surface area contributed by atoms with Crippen LogP contribution in [-0.2, 0) is 14.3 Å². The zero-order valence-corrected chi connectivity index (χ0v) is 11.8. The van der Waals surface area contributed by atoms with Crippen LogP contribution in [0, 0.1) is 13.8 Å². The second-order valence-corrected chi connectivity index (χ2v) is 4.78. The van der Waals surface area contributed by atoms with Crippen molar-refractivity contribution in [2.45, 2.75) is 26.1 Å². The highest BCUT2D eigenvalue weighted by Crippen LogP contribution is 2.31. The number of carbonyl (C=O) groups is 2. The highest BCUT2D eigenvalue weighted by molar-refractivity contribution is 5.87. The number of aryl methyl sites for hydroxylation is 2. The van der Waals surface area contributed by atoms with Crippen LogP contribution in [0.1, 0.15) is 22.7 Å². The number of hydrogen-bond acceptors (Lipinski definition) is 4. The lowest BCUT2D eigenvalue weighted by atomic mass is 9.94. The van der Waals surface area contributed by atoms with Crippen molar-refractivity contribution in [2.24, 2.45) is 5.73 Å². The Balaban J connectivity index is 2.52. The molecule has 6 nitrogen and oxygen atoms in total. The fourth-order valence-electron chi connectivity index (χ4n) is 2.55. The van der Waals surface area contributed by atoms with E-state index in [1.807, 2.05) is 32.0 Å². The first-order valence-electron chi connectivity index (χ1n) is 6.30. The topological polar surface area (TPSA) is 81.9 Å². The fourth-order valence-corrected chi connectivity index (χ4v) is 2.55. The Hall–Kier alpha value is -2.08. The van der Waals surface area contributed by atoms with E-state index in [1.54, 1.807) is 0 Å². The molecule has 2 rings (SSSR count). The van der Waals surface area contributed by atoms with Crippen LogP contribution in [0.3, 0.4) is 0 Å². The molecule has 0 aliphatic carbocycles. The lowest BCUT2D eigenvalue weighted by Crippen LogP contribution is -2.44. The van der Waals surface area contributed by atoms with Crippen molar-refractivity contribution in [1.82, 2.24) is 4.90 Å². The van der Waals surface area contributed by atoms with Gasteiger partial charge in [0.2, 0.25) is 5.91 Å². The number of carbonyl (C=O) groups excluding carboxylic acids is 2. The lowest BCUT2D eigenvalue weighted by molar-refractivity contribution is -0.125. The molecule has 0 spiro atoms. The summed E-state index contributed by atoms with van der Waals surface area (Å²) in [5.41, 5.74) is 8.03. The van der Waals surface area contributed by atoms with Crippen molar-refractivity contribution in [1.29, 1.82) is 0 Å². The lowest BCUT2D eigenvalue weighted by Gasteiger charge is -2.29. The van der Waals surface area contributed by atoms with Crippen LogP contribution >= 0.6 is 0 Å². The molecule has 6 heteroatoms. The average molecular weight is 278 g/mol. The number of nitrogens with zero attached hydrogens (tertiary/aromatic N) is 1. The summed E-state index contributed by atoms with van der Waals surface area (Å²) < 4.78 is 10.2. The van der Waals surface area contributed by atoms with Gasteiger partial charge in [0, 0.05) is 7.11 Å². The second-order valence-electron chi connectivity index (χ2n) is 4.78. The summed E-state index contributed by atoms with van der Waals surface area (Å²) in [4.78, 5) is 25.1. The Morgan fingerprint density at radius 2 is 2.05 bits per heavy atom. The number of hydrogen-bond donors (Lipinski definition) is 1. The number of ether oxygens (including phenoxy) is 2. The molecular formula is C14H18N2O4. The largest absolute Gasteiger partial charge is 0.445 e. The first-order chi connectivity index (χ1) is 9.47. The molecule has 2 unspecified atom stereocenters. The molecule has 1 aliphatic heterocycles. The summed E-state index contributed by atoms with van der Waals surface area (Å²) in [7, 11) is 1.46. The molecule has 20 heavy (non-hydrogen) atoms. The van der Waals surface area contributed by atoms with Gasteiger partial charge >= 0.3 is 6.09 Å². The maximum absolute atomic E-state index is 11.9. The van der Waals surface area contributed by atoms with Crippen molar-refractivity contribution in [2.75, 3.05) is 13.7 Å². The Bertz CT molecular complexity index is 524. The molecule has 0 bridgehead atoms. The number of cyclic esters (lactones) is 1. The molecule has 1 aromatic rings. The highest BCUT2D eigenvalue weighted by atomic mass is 16.6. The number of primary amides is 1. The van der Waals surface area contributed by atoms with Gasteiger partial charge in [-0.1, -0.05) is 18.2 Å². The Morgan fingerprint density at radius 3 is 2.55 bits per heavy atom. The van der Waals surface area contributed by atoms with Crippen LogP contribution in [0.4, 0.5) is 4.79 Å². The second kappa shape index (κ2) is 5.50. The van der Waals surface area contributed by atoms with Crippen molar-refractivity contribution in [3.05, 3.63) is 34.9 Å². The first-order valence-corrected chi connectivity index (χ1v) is 6.30. The van der Waals surface area contributed by atoms with E-state index >= 15 is 0 Å². The van der Waals surface area contributed by atoms with Gasteiger partial charge in [0.05, 0.1) is 0 Å². The van der Waals surface area contributed by atoms with E-state index in [9.17, 15) is 9.59 Å². The molecule has 2 amide bonds. The van der Waals surface area contributed by atoms with E-state index < -0.39 is 24.3 Å². The van der Waals surface area contributed by atoms with Gasteiger partial charge in [-0.15, -0.1) is 0 Å². The standard InChI is InChI=1S/C14H18N2O4/c1-8-5-4-6-9(2)11(8)12(13(15)17)16-10(19-3)7-20-14(16)18/h4-6,10,12H,7H2,1-3H3,(H2,15,17). The molecule has 0 saturated carbocycles. The molecule has 0 aromatic heterocycles. The maximum Gasteiger partial charge on any atom is 0.413 e. The van der Waals surface area contributed by atoms with Crippen molar-refractivity contribution in [3.8, 4) is 0 Å². The third-order valence-corrected chi connectivity index (χ3v) is 3.51. The van der Waals surface area contributed by atoms with Crippen molar-refractivity contribution in [3.63, 3.8) is 0 Å². The molecule has 2 N–H and O–H groups in total. The molecule has 1 aromatic carbocycles. The van der Waals surface area contributed by atoms with Gasteiger partial charge in [-0.25, -0.2) is 4.79 Å². The number of amides is 2. The van der Waals surface area contributed by atoms with Gasteiger partial charge in [-0.3, -0.25) is 9.69 Å². The van der Waals surface area contributed by atoms with Gasteiger partial charge in [-0.05, 0) is 30.5 Å². The van der Waals surface area contributed by atoms with Gasteiger partial charge in [-0.2, -0.15) is 0 Å². The average Bonchev–Trinajstić information content (AvgIpc) is 2.74. The van der Waals surface area contributed by atoms with Crippen LogP contribution in [0.2, 0.25) is 0 Å². The van der Waals surface area contributed by atoms with Gasteiger partial charge < -0.3 is 15.2 Å². The zero-order chi connectivity index (χ0) is 14.9. The summed E-state index contributed by atoms with van der Waals surface area (Å²) in [5.74, 6) is -0.608. The molecule has 2 atom stereocenters. The number of nitrogens with two attached hydrogens (primary N) is 1. The summed E-state index contributed by atoms with van der Waals surface area (Å²) >= 11 is 0. The van der Waals surface area contributed by atoms with E-state index in [1.165, 1.54) is 12.0 Å². The molecule has 108 valence electrons. The van der Waals surface area contributed by atoms with E-state index in [4.69, 9.17) is 15.2 Å². The summed E-state index contributed by atoms with van der Waals surface area (Å²) in [6.07, 6.45) is -1.21. The van der Waals surface area contributed by atoms with E-state index in [0.29, 0.717) is 0 Å². The van der Waals surface area contributed by atoms with Gasteiger partial charge in [0.15, 0.2) is 6.23 Å². The molecule has 0 radical (unpaired) electrons. The van der Waals surface area contributed by atoms with Crippen LogP contribution < -0.4 is 5.73 Å². The molecular weight excluding hydrogens is 260 g/mol. The third-order valence-electron chi connectivity index (χ3n) is 3.51. The predicted molar refractivity (Wildman–Crippen MR) is 71.8 cm³/mol. The van der Waals surface area contributed by atoms with Crippen molar-refractivity contribution >= 4 is 12.0 Å². The van der Waals surface area contributed by atoms with Gasteiger partial charge in [0.1, 0.15) is 12.6 Å². The Labute approximate surface area is 117 Å². The molecule has 1 fully saturated rings. The van der Waals surface area contributed by atoms with Crippen LogP contribution in [0.15, 0.2) is 18.2 Å². The summed E-state index contributed by atoms with van der Waals surface area (Å²) in [6, 6.07) is 4.75. The van der Waals surface area contributed by atoms with Crippen molar-refractivity contribution < 1.29 is 19.1 Å². The minimum atomic E-state index is -0.892. The fraction of sp³-hybridized carbons (Fsp3) is 0.429. The zero-order valence-electron chi connectivity index (χ0n) is 11.8. The Kier molecular flexibility index (Phi) is 3.94. The SMILES string of the molecule is COC1COC(=O)N1C(C(N)=O)c1c(C)cccc1C. The number of rotatable bonds is 4. The first kappa shape index (κ1) is 14.3. The summed E-state index contributed by atoms with van der Waals surface area (Å²) in [6.45, 7) is 3.84. The monoisotopic (exact) mass is 278 g/mol. The van der Waals surface area contributed by atoms with Crippen LogP contribution in [0.25, 0.3) is 0 Å². The minimum Gasteiger partial charge on any atom is -0.445 e. The third kappa shape index (κ3) is 2.34. The number of benzene rings is 1. The molecule has 1 aliphatic rings. The maximum atomic E-state index is 11.9. The Morgan fingerprint density at radius 1 is 1.45 bits per heavy atom. The molecule has 1 saturated heterocycles. The predicted octanol–water partition coefficient (Wildman–Crippen LogP) is 1.25. The quantitative estimate of drug-likeness (QED) is 0.898. The van der Waals surface area contributed by atoms with Gasteiger partial charge in [0.25, 0.3) is 0 Å².